The van der Waals surface area contributed by atoms with Gasteiger partial charge in [0.25, 0.3) is 0 Å². The number of amidine groups is 1. The molecule has 2 heterocycles. The molecule has 0 saturated carbocycles. The average Bonchev–Trinajstić information content (AvgIpc) is 3.37. The number of hydrogen-bond donors (Lipinski definition) is 2. The van der Waals surface area contributed by atoms with E-state index >= 15 is 0 Å². The number of nitrogens with one attached hydrogen (secondary N) is 2. The number of hydrogen-bond acceptors (Lipinski definition) is 6. The van der Waals surface area contributed by atoms with Crippen molar-refractivity contribution in [1.82, 2.24) is 4.98 Å². The van der Waals surface area contributed by atoms with Crippen molar-refractivity contribution >= 4 is 49.3 Å². The minimum absolute atomic E-state index is 0.260. The summed E-state index contributed by atoms with van der Waals surface area (Å²) in [5.74, 6) is 0. The Bertz CT molecular complexity index is 1170. The predicted molar refractivity (Wildman–Crippen MR) is 136 cm³/mol. The van der Waals surface area contributed by atoms with Gasteiger partial charge in [-0.15, -0.1) is 0 Å². The van der Waals surface area contributed by atoms with Crippen LogP contribution in [0.15, 0.2) is 83.9 Å². The molecule has 31 heavy (non-hydrogen) atoms. The normalized spacial score (nSPS) is 18.2. The molecule has 3 aromatic carbocycles. The molecule has 0 bridgehead atoms. The Kier molecular flexibility index (Phi) is 5.91. The van der Waals surface area contributed by atoms with Gasteiger partial charge in [-0.25, -0.2) is 4.98 Å². The highest BCUT2D eigenvalue weighted by molar-refractivity contribution is 8.14. The van der Waals surface area contributed by atoms with Crippen molar-refractivity contribution in [1.29, 1.82) is 0 Å². The zero-order valence-corrected chi connectivity index (χ0v) is 18.9. The molecule has 0 aliphatic carbocycles. The standard InChI is InChI=1S/C25H24N4S2/c1-17-23(19-9-3-2-4-10-19)31-25(27-17)28-20-11-7-8-18(16-20)14-15-26-24-29-21-12-5-6-13-22(21)30-24/h2-13,16-17,23H,14-15H2,1H3,(H,26,29)(H,27,28)/t17-,23?/m0/s1. The van der Waals surface area contributed by atoms with Crippen molar-refractivity contribution in [2.75, 3.05) is 17.2 Å². The molecule has 1 aliphatic heterocycles. The zero-order chi connectivity index (χ0) is 21.0. The molecule has 156 valence electrons. The maximum atomic E-state index is 4.84. The molecule has 1 unspecified atom stereocenters. The highest BCUT2D eigenvalue weighted by atomic mass is 32.2. The Morgan fingerprint density at radius 3 is 2.65 bits per heavy atom. The van der Waals surface area contributed by atoms with E-state index in [1.165, 1.54) is 15.8 Å². The van der Waals surface area contributed by atoms with Crippen molar-refractivity contribution in [3.8, 4) is 0 Å². The maximum absolute atomic E-state index is 4.84. The van der Waals surface area contributed by atoms with Crippen molar-refractivity contribution < 1.29 is 0 Å². The number of thiazole rings is 1. The first-order chi connectivity index (χ1) is 15.2. The van der Waals surface area contributed by atoms with E-state index in [2.05, 4.69) is 95.3 Å². The third kappa shape index (κ3) is 4.75. The Labute approximate surface area is 190 Å². The number of aromatic nitrogens is 1. The van der Waals surface area contributed by atoms with Crippen LogP contribution in [0.4, 0.5) is 10.8 Å². The summed E-state index contributed by atoms with van der Waals surface area (Å²) >= 11 is 3.51. The zero-order valence-electron chi connectivity index (χ0n) is 17.3. The molecule has 1 aliphatic rings. The molecular formula is C25H24N4S2. The Morgan fingerprint density at radius 1 is 0.935 bits per heavy atom. The summed E-state index contributed by atoms with van der Waals surface area (Å²) < 4.78 is 1.22. The lowest BCUT2D eigenvalue weighted by atomic mass is 10.1. The van der Waals surface area contributed by atoms with Gasteiger partial charge in [0.1, 0.15) is 0 Å². The van der Waals surface area contributed by atoms with Crippen LogP contribution in [0, 0.1) is 0 Å². The molecule has 4 aromatic rings. The average molecular weight is 445 g/mol. The van der Waals surface area contributed by atoms with Crippen LogP contribution in [0.3, 0.4) is 0 Å². The lowest BCUT2D eigenvalue weighted by Crippen LogP contribution is -2.07. The molecule has 0 fully saturated rings. The summed E-state index contributed by atoms with van der Waals surface area (Å²) in [4.78, 5) is 9.49. The molecule has 2 N–H and O–H groups in total. The molecule has 5 rings (SSSR count). The van der Waals surface area contributed by atoms with Gasteiger partial charge in [0.15, 0.2) is 10.3 Å². The van der Waals surface area contributed by atoms with Crippen LogP contribution in [0.2, 0.25) is 0 Å². The second kappa shape index (κ2) is 9.12. The van der Waals surface area contributed by atoms with Gasteiger partial charge in [0.05, 0.1) is 21.5 Å². The monoisotopic (exact) mass is 444 g/mol. The summed E-state index contributed by atoms with van der Waals surface area (Å²) in [5.41, 5.74) is 4.76. The minimum Gasteiger partial charge on any atom is -0.361 e. The summed E-state index contributed by atoms with van der Waals surface area (Å²) in [6, 6.07) is 27.7. The summed E-state index contributed by atoms with van der Waals surface area (Å²) in [7, 11) is 0. The molecule has 4 nitrogen and oxygen atoms in total. The van der Waals surface area contributed by atoms with E-state index in [1.807, 2.05) is 17.8 Å². The predicted octanol–water partition coefficient (Wildman–Crippen LogP) is 6.60. The molecule has 2 atom stereocenters. The van der Waals surface area contributed by atoms with Crippen molar-refractivity contribution in [2.24, 2.45) is 4.99 Å². The van der Waals surface area contributed by atoms with Crippen LogP contribution in [0.1, 0.15) is 23.3 Å². The van der Waals surface area contributed by atoms with E-state index in [-0.39, 0.29) is 6.04 Å². The SMILES string of the molecule is C[C@@H]1N=C(Nc2cccc(CCNc3nc4ccccc4s3)c2)SC1c1ccccc1. The number of fused-ring (bicyclic) bond motifs is 1. The van der Waals surface area contributed by atoms with Gasteiger partial charge in [0.2, 0.25) is 0 Å². The third-order valence-electron chi connectivity index (χ3n) is 5.29. The van der Waals surface area contributed by atoms with Gasteiger partial charge >= 0.3 is 0 Å². The molecule has 6 heteroatoms. The molecule has 1 aromatic heterocycles. The summed E-state index contributed by atoms with van der Waals surface area (Å²) in [6.07, 6.45) is 0.939. The van der Waals surface area contributed by atoms with Crippen molar-refractivity contribution in [3.05, 3.63) is 90.0 Å². The van der Waals surface area contributed by atoms with Crippen LogP contribution in [-0.2, 0) is 6.42 Å². The van der Waals surface area contributed by atoms with Crippen LogP contribution in [0.25, 0.3) is 10.2 Å². The van der Waals surface area contributed by atoms with Crippen LogP contribution >= 0.6 is 23.1 Å². The van der Waals surface area contributed by atoms with Gasteiger partial charge in [0, 0.05) is 12.2 Å². The van der Waals surface area contributed by atoms with Gasteiger partial charge in [-0.05, 0) is 48.7 Å². The quantitative estimate of drug-likeness (QED) is 0.352. The minimum atomic E-state index is 0.260. The number of anilines is 2. The van der Waals surface area contributed by atoms with E-state index < -0.39 is 0 Å². The van der Waals surface area contributed by atoms with Crippen molar-refractivity contribution in [3.63, 3.8) is 0 Å². The summed E-state index contributed by atoms with van der Waals surface area (Å²) in [6.45, 7) is 3.04. The highest BCUT2D eigenvalue weighted by Crippen LogP contribution is 2.40. The molecule has 0 amide bonds. The lowest BCUT2D eigenvalue weighted by molar-refractivity contribution is 0.740. The smallest absolute Gasteiger partial charge is 0.183 e. The molecule has 0 radical (unpaired) electrons. The highest BCUT2D eigenvalue weighted by Gasteiger charge is 2.28. The number of benzene rings is 3. The molecular weight excluding hydrogens is 420 g/mol. The van der Waals surface area contributed by atoms with Crippen LogP contribution < -0.4 is 10.6 Å². The van der Waals surface area contributed by atoms with Gasteiger partial charge in [-0.3, -0.25) is 4.99 Å². The Morgan fingerprint density at radius 2 is 1.77 bits per heavy atom. The van der Waals surface area contributed by atoms with Crippen LogP contribution in [0.5, 0.6) is 0 Å². The topological polar surface area (TPSA) is 49.3 Å². The Balaban J connectivity index is 1.18. The first-order valence-electron chi connectivity index (χ1n) is 10.5. The number of aliphatic imine (C=N–C) groups is 1. The number of nitrogens with zero attached hydrogens (tertiary/aromatic N) is 2. The van der Waals surface area contributed by atoms with E-state index in [0.717, 1.165) is 34.5 Å². The van der Waals surface area contributed by atoms with Gasteiger partial charge in [-0.1, -0.05) is 77.7 Å². The summed E-state index contributed by atoms with van der Waals surface area (Å²) in [5, 5.41) is 9.32. The molecule has 0 spiro atoms. The second-order valence-electron chi connectivity index (χ2n) is 7.61. The van der Waals surface area contributed by atoms with E-state index in [4.69, 9.17) is 4.99 Å². The largest absolute Gasteiger partial charge is 0.361 e. The van der Waals surface area contributed by atoms with Crippen LogP contribution in [-0.4, -0.2) is 22.7 Å². The van der Waals surface area contributed by atoms with E-state index in [9.17, 15) is 0 Å². The molecule has 0 saturated heterocycles. The van der Waals surface area contributed by atoms with Gasteiger partial charge < -0.3 is 10.6 Å². The van der Waals surface area contributed by atoms with E-state index in [0.29, 0.717) is 5.25 Å². The Hall–Kier alpha value is -2.83. The number of thioether (sulfide) groups is 1. The first kappa shape index (κ1) is 20.1. The fourth-order valence-electron chi connectivity index (χ4n) is 3.74. The number of para-hydroxylation sites is 1. The van der Waals surface area contributed by atoms with Gasteiger partial charge in [-0.2, -0.15) is 0 Å². The van der Waals surface area contributed by atoms with Crippen molar-refractivity contribution in [2.45, 2.75) is 24.6 Å². The van der Waals surface area contributed by atoms with E-state index in [1.54, 1.807) is 11.3 Å². The number of rotatable bonds is 6. The first-order valence-corrected chi connectivity index (χ1v) is 12.2. The maximum Gasteiger partial charge on any atom is 0.183 e. The fraction of sp³-hybridized carbons (Fsp3) is 0.200. The lowest BCUT2D eigenvalue weighted by Gasteiger charge is -2.13. The fourth-order valence-corrected chi connectivity index (χ4v) is 5.83. The third-order valence-corrected chi connectivity index (χ3v) is 7.63. The second-order valence-corrected chi connectivity index (χ2v) is 9.77.